The number of rotatable bonds is 5. The Bertz CT molecular complexity index is 621. The first-order valence-electron chi connectivity index (χ1n) is 6.49. The SMILES string of the molecule is C=CCNC(=O)NC(c1ccc(F)cc1)c1nccn1C. The van der Waals surface area contributed by atoms with Crippen molar-refractivity contribution in [2.24, 2.45) is 7.05 Å². The molecule has 21 heavy (non-hydrogen) atoms. The summed E-state index contributed by atoms with van der Waals surface area (Å²) in [5.41, 5.74) is 0.749. The van der Waals surface area contributed by atoms with Crippen LogP contribution in [0.5, 0.6) is 0 Å². The highest BCUT2D eigenvalue weighted by atomic mass is 19.1. The van der Waals surface area contributed by atoms with Crippen molar-refractivity contribution in [2.45, 2.75) is 6.04 Å². The molecule has 2 aromatic rings. The number of hydrogen-bond donors (Lipinski definition) is 2. The van der Waals surface area contributed by atoms with Crippen molar-refractivity contribution < 1.29 is 9.18 Å². The third-order valence-electron chi connectivity index (χ3n) is 3.00. The van der Waals surface area contributed by atoms with Crippen LogP contribution >= 0.6 is 0 Å². The van der Waals surface area contributed by atoms with Gasteiger partial charge in [-0.1, -0.05) is 18.2 Å². The van der Waals surface area contributed by atoms with Crippen molar-refractivity contribution in [3.05, 3.63) is 66.5 Å². The van der Waals surface area contributed by atoms with Crippen LogP contribution in [0.2, 0.25) is 0 Å². The maximum Gasteiger partial charge on any atom is 0.315 e. The van der Waals surface area contributed by atoms with E-state index in [1.165, 1.54) is 12.1 Å². The molecule has 2 rings (SSSR count). The van der Waals surface area contributed by atoms with E-state index in [-0.39, 0.29) is 11.8 Å². The molecule has 0 saturated carbocycles. The van der Waals surface area contributed by atoms with Crippen LogP contribution in [0.4, 0.5) is 9.18 Å². The van der Waals surface area contributed by atoms with Crippen molar-refractivity contribution in [2.75, 3.05) is 6.54 Å². The number of nitrogens with one attached hydrogen (secondary N) is 2. The zero-order valence-electron chi connectivity index (χ0n) is 11.7. The quantitative estimate of drug-likeness (QED) is 0.828. The van der Waals surface area contributed by atoms with Crippen LogP contribution in [0.15, 0.2) is 49.3 Å². The van der Waals surface area contributed by atoms with Gasteiger partial charge in [-0.2, -0.15) is 0 Å². The molecule has 0 bridgehead atoms. The van der Waals surface area contributed by atoms with Crippen LogP contribution in [0.25, 0.3) is 0 Å². The zero-order chi connectivity index (χ0) is 15.2. The second-order valence-electron chi connectivity index (χ2n) is 4.52. The number of carbonyl (C=O) groups excluding carboxylic acids is 1. The molecular formula is C15H17FN4O. The molecule has 5 nitrogen and oxygen atoms in total. The van der Waals surface area contributed by atoms with E-state index in [9.17, 15) is 9.18 Å². The van der Waals surface area contributed by atoms with E-state index in [1.54, 1.807) is 30.6 Å². The average molecular weight is 288 g/mol. The van der Waals surface area contributed by atoms with Gasteiger partial charge in [0, 0.05) is 26.0 Å². The van der Waals surface area contributed by atoms with Gasteiger partial charge in [-0.3, -0.25) is 0 Å². The Balaban J connectivity index is 2.26. The first kappa shape index (κ1) is 14.8. The molecule has 1 unspecified atom stereocenters. The van der Waals surface area contributed by atoms with E-state index in [4.69, 9.17) is 0 Å². The Hall–Kier alpha value is -2.63. The number of hydrogen-bond acceptors (Lipinski definition) is 2. The van der Waals surface area contributed by atoms with Crippen LogP contribution in [-0.2, 0) is 7.05 Å². The second kappa shape index (κ2) is 6.69. The summed E-state index contributed by atoms with van der Waals surface area (Å²) in [4.78, 5) is 16.1. The van der Waals surface area contributed by atoms with Gasteiger partial charge in [-0.25, -0.2) is 14.2 Å². The lowest BCUT2D eigenvalue weighted by molar-refractivity contribution is 0.239. The van der Waals surface area contributed by atoms with Crippen molar-refractivity contribution in [1.29, 1.82) is 0 Å². The van der Waals surface area contributed by atoms with E-state index >= 15 is 0 Å². The predicted octanol–water partition coefficient (Wildman–Crippen LogP) is 2.13. The van der Waals surface area contributed by atoms with Gasteiger partial charge in [0.1, 0.15) is 17.7 Å². The predicted molar refractivity (Wildman–Crippen MR) is 78.2 cm³/mol. The van der Waals surface area contributed by atoms with Crippen molar-refractivity contribution >= 4 is 6.03 Å². The molecule has 0 spiro atoms. The molecular weight excluding hydrogens is 271 g/mol. The summed E-state index contributed by atoms with van der Waals surface area (Å²) < 4.78 is 14.9. The van der Waals surface area contributed by atoms with Crippen molar-refractivity contribution in [3.8, 4) is 0 Å². The topological polar surface area (TPSA) is 59.0 Å². The molecule has 1 heterocycles. The third-order valence-corrected chi connectivity index (χ3v) is 3.00. The Morgan fingerprint density at radius 2 is 2.19 bits per heavy atom. The van der Waals surface area contributed by atoms with Gasteiger partial charge in [0.05, 0.1) is 0 Å². The fourth-order valence-corrected chi connectivity index (χ4v) is 1.95. The van der Waals surface area contributed by atoms with Crippen LogP contribution in [-0.4, -0.2) is 22.1 Å². The Labute approximate surface area is 122 Å². The zero-order valence-corrected chi connectivity index (χ0v) is 11.7. The van der Waals surface area contributed by atoms with Crippen LogP contribution in [0, 0.1) is 5.82 Å². The van der Waals surface area contributed by atoms with Gasteiger partial charge < -0.3 is 15.2 Å². The summed E-state index contributed by atoms with van der Waals surface area (Å²) in [5, 5.41) is 5.47. The van der Waals surface area contributed by atoms with E-state index in [1.807, 2.05) is 11.6 Å². The van der Waals surface area contributed by atoms with Gasteiger partial charge in [0.25, 0.3) is 0 Å². The van der Waals surface area contributed by atoms with Crippen LogP contribution < -0.4 is 10.6 Å². The summed E-state index contributed by atoms with van der Waals surface area (Å²) >= 11 is 0. The number of aryl methyl sites for hydroxylation is 1. The minimum Gasteiger partial charge on any atom is -0.336 e. The molecule has 0 aliphatic heterocycles. The van der Waals surface area contributed by atoms with Gasteiger partial charge in [-0.15, -0.1) is 6.58 Å². The van der Waals surface area contributed by atoms with Gasteiger partial charge in [0.2, 0.25) is 0 Å². The maximum atomic E-state index is 13.1. The van der Waals surface area contributed by atoms with Crippen molar-refractivity contribution in [3.63, 3.8) is 0 Å². The molecule has 1 atom stereocenters. The van der Waals surface area contributed by atoms with Crippen molar-refractivity contribution in [1.82, 2.24) is 20.2 Å². The number of imidazole rings is 1. The largest absolute Gasteiger partial charge is 0.336 e. The smallest absolute Gasteiger partial charge is 0.315 e. The van der Waals surface area contributed by atoms with E-state index in [0.717, 1.165) is 5.56 Å². The summed E-state index contributed by atoms with van der Waals surface area (Å²) in [6.45, 7) is 3.91. The summed E-state index contributed by atoms with van der Waals surface area (Å²) in [7, 11) is 1.84. The third kappa shape index (κ3) is 3.68. The summed E-state index contributed by atoms with van der Waals surface area (Å²) in [5.74, 6) is 0.337. The highest BCUT2D eigenvalue weighted by molar-refractivity contribution is 5.75. The molecule has 0 fully saturated rings. The number of halogens is 1. The van der Waals surface area contributed by atoms with Crippen LogP contribution in [0.3, 0.4) is 0 Å². The second-order valence-corrected chi connectivity index (χ2v) is 4.52. The molecule has 0 aliphatic carbocycles. The number of nitrogens with zero attached hydrogens (tertiary/aromatic N) is 2. The average Bonchev–Trinajstić information content (AvgIpc) is 2.89. The molecule has 110 valence electrons. The first-order valence-corrected chi connectivity index (χ1v) is 6.49. The number of amides is 2. The van der Waals surface area contributed by atoms with Gasteiger partial charge >= 0.3 is 6.03 Å². The molecule has 0 aliphatic rings. The van der Waals surface area contributed by atoms with E-state index in [0.29, 0.717) is 12.4 Å². The maximum absolute atomic E-state index is 13.1. The molecule has 2 amide bonds. The fourth-order valence-electron chi connectivity index (χ4n) is 1.95. The normalized spacial score (nSPS) is 11.7. The lowest BCUT2D eigenvalue weighted by atomic mass is 10.1. The monoisotopic (exact) mass is 288 g/mol. The van der Waals surface area contributed by atoms with Crippen LogP contribution in [0.1, 0.15) is 17.4 Å². The highest BCUT2D eigenvalue weighted by Crippen LogP contribution is 2.20. The van der Waals surface area contributed by atoms with Gasteiger partial charge in [-0.05, 0) is 17.7 Å². The molecule has 2 N–H and O–H groups in total. The Morgan fingerprint density at radius 3 is 2.76 bits per heavy atom. The number of urea groups is 1. The molecule has 1 aromatic heterocycles. The molecule has 6 heteroatoms. The Morgan fingerprint density at radius 1 is 1.48 bits per heavy atom. The van der Waals surface area contributed by atoms with Gasteiger partial charge in [0.15, 0.2) is 0 Å². The molecule has 0 radical (unpaired) electrons. The number of aromatic nitrogens is 2. The lowest BCUT2D eigenvalue weighted by Crippen LogP contribution is -2.39. The summed E-state index contributed by atoms with van der Waals surface area (Å²) in [6.07, 6.45) is 5.03. The van der Waals surface area contributed by atoms with E-state index in [2.05, 4.69) is 22.2 Å². The summed E-state index contributed by atoms with van der Waals surface area (Å²) in [6, 6.07) is 5.16. The number of benzene rings is 1. The highest BCUT2D eigenvalue weighted by Gasteiger charge is 2.20. The lowest BCUT2D eigenvalue weighted by Gasteiger charge is -2.19. The standard InChI is InChI=1S/C15H17FN4O/c1-3-8-18-15(21)19-13(14-17-9-10-20(14)2)11-4-6-12(16)7-5-11/h3-7,9-10,13H,1,8H2,2H3,(H2,18,19,21). The molecule has 1 aromatic carbocycles. The first-order chi connectivity index (χ1) is 10.1. The Kier molecular flexibility index (Phi) is 4.71. The number of carbonyl (C=O) groups is 1. The molecule has 0 saturated heterocycles. The minimum absolute atomic E-state index is 0.326. The van der Waals surface area contributed by atoms with E-state index < -0.39 is 6.04 Å². The minimum atomic E-state index is -0.463. The fraction of sp³-hybridized carbons (Fsp3) is 0.200.